The molecule has 0 saturated carbocycles. The Labute approximate surface area is 122 Å². The van der Waals surface area contributed by atoms with E-state index in [2.05, 4.69) is 69.2 Å². The van der Waals surface area contributed by atoms with Gasteiger partial charge in [0.15, 0.2) is 0 Å². The summed E-state index contributed by atoms with van der Waals surface area (Å²) in [7, 11) is 0. The highest BCUT2D eigenvalue weighted by atomic mass is 16.5. The van der Waals surface area contributed by atoms with Gasteiger partial charge in [-0.1, -0.05) is 54.4 Å². The molecule has 0 aliphatic rings. The zero-order valence-electron chi connectivity index (χ0n) is 15.2. The second kappa shape index (κ2) is 6.16. The third-order valence-corrected chi connectivity index (χ3v) is 5.52. The van der Waals surface area contributed by atoms with Crippen LogP contribution >= 0.6 is 0 Å². The lowest BCUT2D eigenvalue weighted by molar-refractivity contribution is -0.215. The largest absolute Gasteiger partial charge is 0.369 e. The average Bonchev–Trinajstić information content (AvgIpc) is 2.14. The van der Waals surface area contributed by atoms with Crippen molar-refractivity contribution >= 4 is 0 Å². The summed E-state index contributed by atoms with van der Waals surface area (Å²) in [5.41, 5.74) is 0.164. The fraction of sp³-hybridized carbons (Fsp3) is 1.00. The molecule has 0 spiro atoms. The second-order valence-corrected chi connectivity index (χ2v) is 8.39. The molecule has 0 aliphatic heterocycles. The highest BCUT2D eigenvalue weighted by Gasteiger charge is 2.46. The van der Waals surface area contributed by atoms with E-state index in [1.54, 1.807) is 0 Å². The van der Waals surface area contributed by atoms with Crippen LogP contribution in [0, 0.1) is 10.8 Å². The van der Waals surface area contributed by atoms with Crippen LogP contribution in [0.2, 0.25) is 0 Å². The lowest BCUT2D eigenvalue weighted by Crippen LogP contribution is -2.52. The topological polar surface area (TPSA) is 9.23 Å². The molecule has 0 saturated heterocycles. The van der Waals surface area contributed by atoms with Crippen LogP contribution in [-0.2, 0) is 4.74 Å². The van der Waals surface area contributed by atoms with E-state index in [0.29, 0.717) is 0 Å². The van der Waals surface area contributed by atoms with E-state index in [4.69, 9.17) is 4.74 Å². The molecule has 1 heteroatoms. The first-order valence-electron chi connectivity index (χ1n) is 8.03. The molecule has 0 amide bonds. The first kappa shape index (κ1) is 19.0. The van der Waals surface area contributed by atoms with Gasteiger partial charge in [0, 0.05) is 0 Å². The molecule has 0 N–H and O–H groups in total. The average molecular weight is 271 g/mol. The molecular weight excluding hydrogens is 232 g/mol. The van der Waals surface area contributed by atoms with Crippen molar-refractivity contribution in [2.24, 2.45) is 10.8 Å². The fourth-order valence-corrected chi connectivity index (χ4v) is 2.77. The molecule has 0 aromatic heterocycles. The molecule has 0 rings (SSSR count). The van der Waals surface area contributed by atoms with Crippen LogP contribution in [0.1, 0.15) is 94.9 Å². The fourth-order valence-electron chi connectivity index (χ4n) is 2.77. The van der Waals surface area contributed by atoms with Gasteiger partial charge in [0.25, 0.3) is 0 Å². The Morgan fingerprint density at radius 1 is 0.579 bits per heavy atom. The summed E-state index contributed by atoms with van der Waals surface area (Å²) in [6.07, 6.45) is 4.81. The Morgan fingerprint density at radius 2 is 0.842 bits per heavy atom. The van der Waals surface area contributed by atoms with E-state index in [-0.39, 0.29) is 22.0 Å². The summed E-state index contributed by atoms with van der Waals surface area (Å²) in [6, 6.07) is 0. The van der Waals surface area contributed by atoms with Gasteiger partial charge in [0.1, 0.15) is 0 Å². The smallest absolute Gasteiger partial charge is 0.0684 e. The van der Waals surface area contributed by atoms with E-state index in [1.807, 2.05) is 0 Å². The number of hydrogen-bond acceptors (Lipinski definition) is 1. The normalized spacial score (nSPS) is 14.8. The van der Waals surface area contributed by atoms with E-state index in [9.17, 15) is 0 Å². The van der Waals surface area contributed by atoms with Crippen LogP contribution in [0.5, 0.6) is 0 Å². The van der Waals surface area contributed by atoms with Crippen molar-refractivity contribution in [2.45, 2.75) is 106 Å². The Hall–Kier alpha value is -0.0400. The third-order valence-electron chi connectivity index (χ3n) is 5.52. The maximum Gasteiger partial charge on any atom is 0.0684 e. The standard InChI is InChI=1S/C18H38O/c1-11-13-15(3,4)17(7,8)19-18(9,10)16(5,6)14-12-2/h11-14H2,1-10H3. The van der Waals surface area contributed by atoms with Crippen molar-refractivity contribution in [1.82, 2.24) is 0 Å². The van der Waals surface area contributed by atoms with Crippen molar-refractivity contribution < 1.29 is 4.74 Å². The maximum absolute atomic E-state index is 6.66. The molecule has 0 unspecified atom stereocenters. The van der Waals surface area contributed by atoms with Gasteiger partial charge in [-0.15, -0.1) is 0 Å². The zero-order valence-corrected chi connectivity index (χ0v) is 15.2. The van der Waals surface area contributed by atoms with Crippen LogP contribution in [0.4, 0.5) is 0 Å². The molecule has 0 radical (unpaired) electrons. The van der Waals surface area contributed by atoms with Crippen molar-refractivity contribution in [3.8, 4) is 0 Å². The van der Waals surface area contributed by atoms with Crippen LogP contribution in [-0.4, -0.2) is 11.2 Å². The molecule has 116 valence electrons. The lowest BCUT2D eigenvalue weighted by Gasteiger charge is -2.51. The second-order valence-electron chi connectivity index (χ2n) is 8.39. The number of rotatable bonds is 8. The molecule has 0 fully saturated rings. The van der Waals surface area contributed by atoms with Crippen LogP contribution in [0.25, 0.3) is 0 Å². The minimum atomic E-state index is -0.114. The highest BCUT2D eigenvalue weighted by Crippen LogP contribution is 2.46. The van der Waals surface area contributed by atoms with Crippen molar-refractivity contribution in [3.63, 3.8) is 0 Å². The lowest BCUT2D eigenvalue weighted by atomic mass is 9.70. The first-order valence-corrected chi connectivity index (χ1v) is 8.03. The first-order chi connectivity index (χ1) is 8.33. The molecule has 0 bridgehead atoms. The van der Waals surface area contributed by atoms with Crippen LogP contribution in [0.15, 0.2) is 0 Å². The predicted molar refractivity (Wildman–Crippen MR) is 86.6 cm³/mol. The Kier molecular flexibility index (Phi) is 6.15. The van der Waals surface area contributed by atoms with Gasteiger partial charge in [-0.25, -0.2) is 0 Å². The Morgan fingerprint density at radius 3 is 1.05 bits per heavy atom. The molecule has 0 aromatic rings. The van der Waals surface area contributed by atoms with E-state index in [1.165, 1.54) is 25.7 Å². The van der Waals surface area contributed by atoms with Crippen LogP contribution in [0.3, 0.4) is 0 Å². The summed E-state index contributed by atoms with van der Waals surface area (Å²) < 4.78 is 6.66. The Balaban J connectivity index is 5.09. The summed E-state index contributed by atoms with van der Waals surface area (Å²) in [4.78, 5) is 0. The van der Waals surface area contributed by atoms with E-state index < -0.39 is 0 Å². The molecule has 1 nitrogen and oxygen atoms in total. The summed E-state index contributed by atoms with van der Waals surface area (Å²) in [5, 5.41) is 0. The van der Waals surface area contributed by atoms with Gasteiger partial charge >= 0.3 is 0 Å². The molecule has 0 aliphatic carbocycles. The number of ether oxygens (including phenoxy) is 1. The predicted octanol–water partition coefficient (Wildman–Crippen LogP) is 6.21. The summed E-state index contributed by atoms with van der Waals surface area (Å²) in [5.74, 6) is 0. The van der Waals surface area contributed by atoms with Crippen molar-refractivity contribution in [3.05, 3.63) is 0 Å². The molecule has 0 atom stereocenters. The van der Waals surface area contributed by atoms with Gasteiger partial charge in [-0.3, -0.25) is 0 Å². The van der Waals surface area contributed by atoms with E-state index in [0.717, 1.165) is 0 Å². The van der Waals surface area contributed by atoms with Gasteiger partial charge in [0.05, 0.1) is 11.2 Å². The summed E-state index contributed by atoms with van der Waals surface area (Å²) >= 11 is 0. The van der Waals surface area contributed by atoms with Crippen LogP contribution < -0.4 is 0 Å². The number of hydrogen-bond donors (Lipinski definition) is 0. The molecule has 0 aromatic carbocycles. The third kappa shape index (κ3) is 4.48. The van der Waals surface area contributed by atoms with Crippen molar-refractivity contribution in [1.29, 1.82) is 0 Å². The Bertz CT molecular complexity index is 243. The van der Waals surface area contributed by atoms with Gasteiger partial charge in [-0.05, 0) is 51.4 Å². The highest BCUT2D eigenvalue weighted by molar-refractivity contribution is 4.94. The maximum atomic E-state index is 6.66. The SMILES string of the molecule is CCCC(C)(C)C(C)(C)OC(C)(C)C(C)(C)CCC. The van der Waals surface area contributed by atoms with Gasteiger partial charge in [-0.2, -0.15) is 0 Å². The van der Waals surface area contributed by atoms with Gasteiger partial charge < -0.3 is 4.74 Å². The molecule has 19 heavy (non-hydrogen) atoms. The van der Waals surface area contributed by atoms with Gasteiger partial charge in [0.2, 0.25) is 0 Å². The monoisotopic (exact) mass is 270 g/mol. The summed E-state index contributed by atoms with van der Waals surface area (Å²) in [6.45, 7) is 22.9. The van der Waals surface area contributed by atoms with E-state index >= 15 is 0 Å². The van der Waals surface area contributed by atoms with Crippen molar-refractivity contribution in [2.75, 3.05) is 0 Å². The minimum absolute atomic E-state index is 0.114. The molecular formula is C18H38O. The minimum Gasteiger partial charge on any atom is -0.369 e. The quantitative estimate of drug-likeness (QED) is 0.509. The zero-order chi connectivity index (χ0) is 15.5. The molecule has 0 heterocycles.